The van der Waals surface area contributed by atoms with Crippen LogP contribution in [0.2, 0.25) is 0 Å². The van der Waals surface area contributed by atoms with Gasteiger partial charge < -0.3 is 10.4 Å². The Kier molecular flexibility index (Phi) is 3.62. The zero-order chi connectivity index (χ0) is 11.4. The normalized spacial score (nSPS) is 12.5. The van der Waals surface area contributed by atoms with E-state index in [2.05, 4.69) is 10.4 Å². The average Bonchev–Trinajstić information content (AvgIpc) is 2.56. The summed E-state index contributed by atoms with van der Waals surface area (Å²) < 4.78 is 1.37. The van der Waals surface area contributed by atoms with Crippen LogP contribution >= 0.6 is 0 Å². The molecule has 0 aliphatic heterocycles. The van der Waals surface area contributed by atoms with E-state index in [1.54, 1.807) is 7.05 Å². The highest BCUT2D eigenvalue weighted by molar-refractivity contribution is 5.55. The second-order valence-electron chi connectivity index (χ2n) is 3.23. The maximum atomic E-state index is 10.6. The van der Waals surface area contributed by atoms with Crippen LogP contribution < -0.4 is 5.32 Å². The molecule has 0 aromatic carbocycles. The van der Waals surface area contributed by atoms with Crippen molar-refractivity contribution in [3.05, 3.63) is 16.3 Å². The van der Waals surface area contributed by atoms with Crippen LogP contribution in [0, 0.1) is 10.1 Å². The minimum atomic E-state index is -0.501. The molecule has 0 spiro atoms. The van der Waals surface area contributed by atoms with Gasteiger partial charge in [0.25, 0.3) is 0 Å². The molecule has 1 heterocycles. The first-order chi connectivity index (χ1) is 7.08. The largest absolute Gasteiger partial charge is 0.394 e. The molecule has 0 radical (unpaired) electrons. The standard InChI is InChI=1S/C8H14N4O3/c1-3-6(5-13)9-8-7(12(14)15)4-11(2)10-8/h4,6,13H,3,5H2,1-2H3,(H,9,10). The Hall–Kier alpha value is -1.63. The molecule has 7 nitrogen and oxygen atoms in total. The lowest BCUT2D eigenvalue weighted by atomic mass is 10.2. The van der Waals surface area contributed by atoms with Crippen molar-refractivity contribution >= 4 is 11.5 Å². The molecule has 0 aliphatic rings. The monoisotopic (exact) mass is 214 g/mol. The van der Waals surface area contributed by atoms with Crippen molar-refractivity contribution in [2.45, 2.75) is 19.4 Å². The predicted octanol–water partition coefficient (Wildman–Crippen LogP) is 0.511. The molecule has 0 bridgehead atoms. The molecule has 15 heavy (non-hydrogen) atoms. The smallest absolute Gasteiger partial charge is 0.330 e. The van der Waals surface area contributed by atoms with Crippen molar-refractivity contribution in [3.63, 3.8) is 0 Å². The zero-order valence-corrected chi connectivity index (χ0v) is 8.67. The fraction of sp³-hybridized carbons (Fsp3) is 0.625. The van der Waals surface area contributed by atoms with Gasteiger partial charge >= 0.3 is 5.69 Å². The van der Waals surface area contributed by atoms with E-state index < -0.39 is 4.92 Å². The van der Waals surface area contributed by atoms with Crippen molar-refractivity contribution < 1.29 is 10.0 Å². The van der Waals surface area contributed by atoms with E-state index in [4.69, 9.17) is 5.11 Å². The van der Waals surface area contributed by atoms with E-state index in [1.165, 1.54) is 10.9 Å². The molecule has 0 amide bonds. The number of aliphatic hydroxyl groups excluding tert-OH is 1. The molecule has 2 N–H and O–H groups in total. The minimum absolute atomic E-state index is 0.0791. The van der Waals surface area contributed by atoms with E-state index in [1.807, 2.05) is 6.92 Å². The van der Waals surface area contributed by atoms with Gasteiger partial charge in [-0.1, -0.05) is 6.92 Å². The third-order valence-corrected chi connectivity index (χ3v) is 2.06. The van der Waals surface area contributed by atoms with Crippen LogP contribution in [0.25, 0.3) is 0 Å². The molecule has 84 valence electrons. The van der Waals surface area contributed by atoms with Gasteiger partial charge in [-0.15, -0.1) is 5.10 Å². The number of nitrogens with one attached hydrogen (secondary N) is 1. The SMILES string of the molecule is CCC(CO)Nc1nn(C)cc1[N+](=O)[O-]. The quantitative estimate of drug-likeness (QED) is 0.550. The van der Waals surface area contributed by atoms with Crippen LogP contribution in [-0.2, 0) is 7.05 Å². The predicted molar refractivity (Wildman–Crippen MR) is 54.6 cm³/mol. The number of nitrogens with zero attached hydrogens (tertiary/aromatic N) is 3. The van der Waals surface area contributed by atoms with E-state index in [0.717, 1.165) is 0 Å². The fourth-order valence-electron chi connectivity index (χ4n) is 1.18. The molecule has 1 rings (SSSR count). The van der Waals surface area contributed by atoms with Gasteiger partial charge in [-0.2, -0.15) is 0 Å². The van der Waals surface area contributed by atoms with Crippen molar-refractivity contribution in [1.82, 2.24) is 9.78 Å². The van der Waals surface area contributed by atoms with Gasteiger partial charge in [-0.3, -0.25) is 14.8 Å². The Morgan fingerprint density at radius 3 is 2.93 bits per heavy atom. The second kappa shape index (κ2) is 4.74. The summed E-state index contributed by atoms with van der Waals surface area (Å²) in [5, 5.41) is 26.3. The molecule has 1 unspecified atom stereocenters. The topological polar surface area (TPSA) is 93.2 Å². The number of aliphatic hydroxyl groups is 1. The Morgan fingerprint density at radius 1 is 1.80 bits per heavy atom. The molecule has 0 fully saturated rings. The third-order valence-electron chi connectivity index (χ3n) is 2.06. The molecule has 0 saturated carbocycles. The highest BCUT2D eigenvalue weighted by atomic mass is 16.6. The van der Waals surface area contributed by atoms with Gasteiger partial charge in [0.2, 0.25) is 5.82 Å². The zero-order valence-electron chi connectivity index (χ0n) is 8.67. The van der Waals surface area contributed by atoms with E-state index >= 15 is 0 Å². The number of aryl methyl sites for hydroxylation is 1. The first-order valence-corrected chi connectivity index (χ1v) is 4.63. The summed E-state index contributed by atoms with van der Waals surface area (Å²) in [6, 6.07) is -0.210. The van der Waals surface area contributed by atoms with Gasteiger partial charge in [0, 0.05) is 7.05 Å². The van der Waals surface area contributed by atoms with E-state index in [0.29, 0.717) is 6.42 Å². The van der Waals surface area contributed by atoms with Crippen molar-refractivity contribution in [2.24, 2.45) is 7.05 Å². The van der Waals surface area contributed by atoms with Crippen LogP contribution in [0.3, 0.4) is 0 Å². The summed E-state index contributed by atoms with van der Waals surface area (Å²) in [6.07, 6.45) is 2.00. The van der Waals surface area contributed by atoms with Crippen LogP contribution in [0.15, 0.2) is 6.20 Å². The van der Waals surface area contributed by atoms with Crippen LogP contribution in [0.5, 0.6) is 0 Å². The molecule has 0 aliphatic carbocycles. The number of nitro groups is 1. The van der Waals surface area contributed by atoms with Crippen LogP contribution in [0.1, 0.15) is 13.3 Å². The van der Waals surface area contributed by atoms with Crippen molar-refractivity contribution in [2.75, 3.05) is 11.9 Å². The summed E-state index contributed by atoms with van der Waals surface area (Å²) in [7, 11) is 1.61. The molecular formula is C8H14N4O3. The lowest BCUT2D eigenvalue weighted by Gasteiger charge is -2.12. The molecule has 1 atom stereocenters. The summed E-state index contributed by atoms with van der Waals surface area (Å²) in [4.78, 5) is 10.1. The van der Waals surface area contributed by atoms with Crippen molar-refractivity contribution in [1.29, 1.82) is 0 Å². The lowest BCUT2D eigenvalue weighted by Crippen LogP contribution is -2.23. The number of anilines is 1. The Bertz CT molecular complexity index is 346. The van der Waals surface area contributed by atoms with Gasteiger partial charge in [-0.05, 0) is 6.42 Å². The molecule has 1 aromatic heterocycles. The van der Waals surface area contributed by atoms with Gasteiger partial charge in [0.05, 0.1) is 17.6 Å². The molecule has 7 heteroatoms. The fourth-order valence-corrected chi connectivity index (χ4v) is 1.18. The third kappa shape index (κ3) is 2.66. The summed E-state index contributed by atoms with van der Waals surface area (Å²) >= 11 is 0. The van der Waals surface area contributed by atoms with Crippen LogP contribution in [0.4, 0.5) is 11.5 Å². The highest BCUT2D eigenvalue weighted by Gasteiger charge is 2.20. The van der Waals surface area contributed by atoms with E-state index in [-0.39, 0.29) is 24.2 Å². The highest BCUT2D eigenvalue weighted by Crippen LogP contribution is 2.22. The van der Waals surface area contributed by atoms with Gasteiger partial charge in [0.15, 0.2) is 0 Å². The van der Waals surface area contributed by atoms with E-state index in [9.17, 15) is 10.1 Å². The number of aromatic nitrogens is 2. The molecular weight excluding hydrogens is 200 g/mol. The first-order valence-electron chi connectivity index (χ1n) is 4.63. The second-order valence-corrected chi connectivity index (χ2v) is 3.23. The summed E-state index contributed by atoms with van der Waals surface area (Å²) in [6.45, 7) is 1.80. The number of hydrogen-bond donors (Lipinski definition) is 2. The number of hydrogen-bond acceptors (Lipinski definition) is 5. The minimum Gasteiger partial charge on any atom is -0.394 e. The number of rotatable bonds is 5. The summed E-state index contributed by atoms with van der Waals surface area (Å²) in [5.41, 5.74) is -0.0793. The van der Waals surface area contributed by atoms with Gasteiger partial charge in [0.1, 0.15) is 6.20 Å². The van der Waals surface area contributed by atoms with Gasteiger partial charge in [-0.25, -0.2) is 0 Å². The molecule has 1 aromatic rings. The maximum Gasteiger partial charge on any atom is 0.330 e. The first kappa shape index (κ1) is 11.4. The summed E-state index contributed by atoms with van der Waals surface area (Å²) in [5.74, 6) is 0.198. The maximum absolute atomic E-state index is 10.6. The Labute approximate surface area is 86.9 Å². The lowest BCUT2D eigenvalue weighted by molar-refractivity contribution is -0.384. The molecule has 0 saturated heterocycles. The Balaban J connectivity index is 2.88. The van der Waals surface area contributed by atoms with Crippen LogP contribution in [-0.4, -0.2) is 32.5 Å². The average molecular weight is 214 g/mol. The Morgan fingerprint density at radius 2 is 2.47 bits per heavy atom. The van der Waals surface area contributed by atoms with Crippen molar-refractivity contribution in [3.8, 4) is 0 Å².